The van der Waals surface area contributed by atoms with Gasteiger partial charge in [-0.25, -0.2) is 0 Å². The average molecular weight is 929 g/mol. The third-order valence-electron chi connectivity index (χ3n) is 14.0. The molecule has 6 rings (SSSR count). The van der Waals surface area contributed by atoms with Crippen LogP contribution in [-0.2, 0) is 44.7 Å². The molecule has 364 valence electrons. The minimum atomic E-state index is -0.215. The lowest BCUT2D eigenvalue weighted by Crippen LogP contribution is -2.53. The number of carbonyl (C=O) groups is 2. The van der Waals surface area contributed by atoms with Gasteiger partial charge < -0.3 is 56.3 Å². The molecule has 0 spiro atoms. The molecule has 4 atom stereocenters. The van der Waals surface area contributed by atoms with Crippen molar-refractivity contribution >= 4 is 11.9 Å². The molecular weight excluding hydrogens is 857 g/mol. The van der Waals surface area contributed by atoms with E-state index in [0.29, 0.717) is 107 Å². The molecule has 14 nitrogen and oxygen atoms in total. The number of ether oxygens (including phenoxy) is 10. The van der Waals surface area contributed by atoms with E-state index in [1.165, 1.54) is 22.3 Å². The Hall–Kier alpha value is -5.86. The van der Waals surface area contributed by atoms with Crippen LogP contribution >= 0.6 is 0 Å². The number of quaternary nitrogens is 2. The number of rotatable bonds is 24. The lowest BCUT2D eigenvalue weighted by Gasteiger charge is -2.46. The number of carbonyl (C=O) groups excluding carboxylic acids is 2. The summed E-state index contributed by atoms with van der Waals surface area (Å²) in [5, 5.41) is 0. The summed E-state index contributed by atoms with van der Waals surface area (Å²) in [6.07, 6.45) is 5.85. The molecular formula is C53H72N2O12+2. The second kappa shape index (κ2) is 23.2. The summed E-state index contributed by atoms with van der Waals surface area (Å²) in [4.78, 5) is 26.4. The smallest absolute Gasteiger partial charge is 0.311 e. The number of fused-ring (bicyclic) bond motifs is 2. The van der Waals surface area contributed by atoms with Gasteiger partial charge in [0, 0.05) is 36.8 Å². The minimum Gasteiger partial charge on any atom is -0.493 e. The maximum absolute atomic E-state index is 13.2. The Morgan fingerprint density at radius 2 is 0.806 bits per heavy atom. The van der Waals surface area contributed by atoms with Crippen LogP contribution in [0.3, 0.4) is 0 Å². The fourth-order valence-corrected chi connectivity index (χ4v) is 9.91. The zero-order valence-corrected chi connectivity index (χ0v) is 41.3. The van der Waals surface area contributed by atoms with Gasteiger partial charge in [-0.2, -0.15) is 0 Å². The van der Waals surface area contributed by atoms with Crippen LogP contribution in [0.1, 0.15) is 77.6 Å². The van der Waals surface area contributed by atoms with Gasteiger partial charge in [-0.1, -0.05) is 12.1 Å². The van der Waals surface area contributed by atoms with Crippen molar-refractivity contribution < 1.29 is 65.9 Å². The first-order chi connectivity index (χ1) is 32.4. The van der Waals surface area contributed by atoms with E-state index in [1.807, 2.05) is 24.3 Å². The fourth-order valence-electron chi connectivity index (χ4n) is 9.91. The van der Waals surface area contributed by atoms with Crippen LogP contribution in [0.25, 0.3) is 0 Å². The molecule has 0 aliphatic carbocycles. The van der Waals surface area contributed by atoms with Crippen LogP contribution < -0.4 is 37.9 Å². The molecule has 0 N–H and O–H groups in total. The molecule has 0 aromatic heterocycles. The van der Waals surface area contributed by atoms with Gasteiger partial charge in [-0.05, 0) is 90.0 Å². The Labute approximate surface area is 397 Å². The van der Waals surface area contributed by atoms with Crippen LogP contribution in [0.2, 0.25) is 0 Å². The summed E-state index contributed by atoms with van der Waals surface area (Å²) in [5.74, 6) is 5.06. The van der Waals surface area contributed by atoms with E-state index < -0.39 is 0 Å². The molecule has 67 heavy (non-hydrogen) atoms. The van der Waals surface area contributed by atoms with Gasteiger partial charge in [-0.3, -0.25) is 9.59 Å². The van der Waals surface area contributed by atoms with Gasteiger partial charge in [0.15, 0.2) is 46.0 Å². The first kappa shape index (κ1) is 50.6. The van der Waals surface area contributed by atoms with Crippen LogP contribution in [0.5, 0.6) is 46.0 Å². The van der Waals surface area contributed by atoms with Gasteiger partial charge in [0.1, 0.15) is 12.1 Å². The van der Waals surface area contributed by atoms with Crippen molar-refractivity contribution in [1.29, 1.82) is 0 Å². The third-order valence-corrected chi connectivity index (χ3v) is 14.0. The Bertz CT molecular complexity index is 2160. The zero-order valence-electron chi connectivity index (χ0n) is 41.3. The standard InChI is InChI=1S/C53H72N2O12/c1-54(22-18-38-32-48(62-7)50(64-9)34-40(38)42(54)28-36-14-16-44(58-3)46(30-36)60-5)24-20-52(56)66-26-12-11-13-27-67-53(57)21-25-55(2)23-19-39-33-49(63-8)51(65-10)35-41(39)43(55)29-37-15-17-45(59-4)47(31-37)61-6/h14-17,30-35,42-43H,11-13,18-29H2,1-10H3/q+2/t42-,43?,54-,55-/m1/s1. The van der Waals surface area contributed by atoms with Crippen molar-refractivity contribution in [3.8, 4) is 46.0 Å². The second-order valence-electron chi connectivity index (χ2n) is 18.0. The lowest BCUT2D eigenvalue weighted by atomic mass is 9.86. The van der Waals surface area contributed by atoms with E-state index in [-0.39, 0.29) is 24.0 Å². The van der Waals surface area contributed by atoms with E-state index in [4.69, 9.17) is 47.4 Å². The first-order valence-electron chi connectivity index (χ1n) is 23.3. The number of benzene rings is 4. The van der Waals surface area contributed by atoms with Crippen molar-refractivity contribution in [3.05, 3.63) is 94.0 Å². The third kappa shape index (κ3) is 12.0. The summed E-state index contributed by atoms with van der Waals surface area (Å²) in [7, 11) is 17.6. The van der Waals surface area contributed by atoms with Crippen molar-refractivity contribution in [3.63, 3.8) is 0 Å². The largest absolute Gasteiger partial charge is 0.493 e. The number of hydrogen-bond acceptors (Lipinski definition) is 12. The Balaban J connectivity index is 0.987. The predicted octanol–water partition coefficient (Wildman–Crippen LogP) is 8.07. The quantitative estimate of drug-likeness (QED) is 0.0383. The Morgan fingerprint density at radius 1 is 0.463 bits per heavy atom. The topological polar surface area (TPSA) is 126 Å². The normalized spacial score (nSPS) is 19.6. The molecule has 0 saturated heterocycles. The predicted molar refractivity (Wildman–Crippen MR) is 255 cm³/mol. The number of hydrogen-bond donors (Lipinski definition) is 0. The fraction of sp³-hybridized carbons (Fsp3) is 0.509. The molecule has 0 saturated carbocycles. The van der Waals surface area contributed by atoms with Crippen molar-refractivity contribution in [2.75, 3.05) is 110 Å². The number of methoxy groups -OCH3 is 8. The number of esters is 2. The van der Waals surface area contributed by atoms with Crippen molar-refractivity contribution in [2.24, 2.45) is 0 Å². The summed E-state index contributed by atoms with van der Waals surface area (Å²) >= 11 is 0. The number of unbranched alkanes of at least 4 members (excludes halogenated alkanes) is 2. The lowest BCUT2D eigenvalue weighted by molar-refractivity contribution is -0.940. The highest BCUT2D eigenvalue weighted by molar-refractivity contribution is 5.69. The second-order valence-corrected chi connectivity index (χ2v) is 18.0. The Kier molecular flexibility index (Phi) is 17.5. The maximum atomic E-state index is 13.2. The molecule has 0 fully saturated rings. The number of likely N-dealkylation sites (N-methyl/N-ethyl adjacent to an activating group) is 2. The molecule has 2 heterocycles. The highest BCUT2D eigenvalue weighted by Crippen LogP contribution is 2.45. The Morgan fingerprint density at radius 3 is 1.16 bits per heavy atom. The van der Waals surface area contributed by atoms with Crippen LogP contribution in [-0.4, -0.2) is 131 Å². The van der Waals surface area contributed by atoms with Crippen molar-refractivity contribution in [2.45, 2.75) is 69.9 Å². The zero-order chi connectivity index (χ0) is 48.1. The highest BCUT2D eigenvalue weighted by atomic mass is 16.5. The minimum absolute atomic E-state index is 0.0393. The summed E-state index contributed by atoms with van der Waals surface area (Å²) < 4.78 is 57.8. The van der Waals surface area contributed by atoms with E-state index in [2.05, 4.69) is 50.5 Å². The average Bonchev–Trinajstić information content (AvgIpc) is 3.35. The SMILES string of the molecule is COc1ccc(CC2c3cc(OC)c(OC)cc3CC[N@+]2(C)CCC(=O)OCCCCCOC(=O)CC[N@@+]2(C)CCc3cc(OC)c(OC)cc3[C@H]2Cc2ccc(OC)c(OC)c2)cc1OC. The number of nitrogens with zero attached hydrogens (tertiary/aromatic N) is 2. The summed E-state index contributed by atoms with van der Waals surface area (Å²) in [5.41, 5.74) is 7.00. The molecule has 14 heteroatoms. The molecule has 4 aromatic carbocycles. The molecule has 2 aliphatic heterocycles. The monoisotopic (exact) mass is 929 g/mol. The molecule has 0 bridgehead atoms. The molecule has 2 aliphatic rings. The molecule has 0 radical (unpaired) electrons. The van der Waals surface area contributed by atoms with Gasteiger partial charge in [-0.15, -0.1) is 0 Å². The van der Waals surface area contributed by atoms with Gasteiger partial charge in [0.2, 0.25) is 0 Å². The maximum Gasteiger partial charge on any atom is 0.311 e. The highest BCUT2D eigenvalue weighted by Gasteiger charge is 2.42. The van der Waals surface area contributed by atoms with Crippen LogP contribution in [0, 0.1) is 0 Å². The van der Waals surface area contributed by atoms with E-state index in [1.54, 1.807) is 56.9 Å². The van der Waals surface area contributed by atoms with E-state index in [9.17, 15) is 9.59 Å². The molecule has 0 amide bonds. The van der Waals surface area contributed by atoms with Gasteiger partial charge in [0.25, 0.3) is 0 Å². The summed E-state index contributed by atoms with van der Waals surface area (Å²) in [6.45, 7) is 3.57. The molecule has 1 unspecified atom stereocenters. The summed E-state index contributed by atoms with van der Waals surface area (Å²) in [6, 6.07) is 20.5. The van der Waals surface area contributed by atoms with Gasteiger partial charge >= 0.3 is 11.9 Å². The van der Waals surface area contributed by atoms with E-state index in [0.717, 1.165) is 56.3 Å². The van der Waals surface area contributed by atoms with Crippen LogP contribution in [0.4, 0.5) is 0 Å². The van der Waals surface area contributed by atoms with Gasteiger partial charge in [0.05, 0.1) is 123 Å². The van der Waals surface area contributed by atoms with E-state index >= 15 is 0 Å². The van der Waals surface area contributed by atoms with Crippen molar-refractivity contribution in [1.82, 2.24) is 0 Å². The first-order valence-corrected chi connectivity index (χ1v) is 23.3. The molecule has 4 aromatic rings. The van der Waals surface area contributed by atoms with Crippen LogP contribution in [0.15, 0.2) is 60.7 Å².